The molecule has 0 aliphatic carbocycles. The highest BCUT2D eigenvalue weighted by Gasteiger charge is 2.17. The fraction of sp³-hybridized carbons (Fsp3) is 0.562. The van der Waals surface area contributed by atoms with Crippen LogP contribution in [-0.2, 0) is 4.79 Å². The minimum atomic E-state index is 0.0543. The topological polar surface area (TPSA) is 67.6 Å². The highest BCUT2D eigenvalue weighted by Crippen LogP contribution is 2.14. The molecule has 116 valence electrons. The Morgan fingerprint density at radius 1 is 1.43 bits per heavy atom. The van der Waals surface area contributed by atoms with Crippen LogP contribution in [-0.4, -0.2) is 44.1 Å². The van der Waals surface area contributed by atoms with Crippen LogP contribution in [0.2, 0.25) is 0 Å². The van der Waals surface area contributed by atoms with E-state index in [-0.39, 0.29) is 5.91 Å². The first-order chi connectivity index (χ1) is 10.1. The first-order valence-corrected chi connectivity index (χ1v) is 7.57. The molecule has 0 aromatic heterocycles. The van der Waals surface area contributed by atoms with E-state index in [0.717, 1.165) is 18.8 Å². The van der Waals surface area contributed by atoms with Crippen LogP contribution in [0.15, 0.2) is 24.3 Å². The predicted octanol–water partition coefficient (Wildman–Crippen LogP) is 1.50. The van der Waals surface area contributed by atoms with Gasteiger partial charge in [-0.1, -0.05) is 0 Å². The van der Waals surface area contributed by atoms with Gasteiger partial charge in [0.1, 0.15) is 5.75 Å². The Morgan fingerprint density at radius 3 is 2.90 bits per heavy atom. The van der Waals surface area contributed by atoms with Gasteiger partial charge in [0.15, 0.2) is 0 Å². The third-order valence-corrected chi connectivity index (χ3v) is 3.79. The summed E-state index contributed by atoms with van der Waals surface area (Å²) in [6, 6.07) is 7.19. The zero-order valence-electron chi connectivity index (χ0n) is 12.7. The summed E-state index contributed by atoms with van der Waals surface area (Å²) in [5, 5.41) is 3.00. The van der Waals surface area contributed by atoms with Crippen LogP contribution in [0.1, 0.15) is 19.3 Å². The SMILES string of the molecule is CN1CCCC(CNC(=O)CCOc2ccc(N)cc2)C1. The average Bonchev–Trinajstić information content (AvgIpc) is 2.47. The second-order valence-electron chi connectivity index (χ2n) is 5.74. The van der Waals surface area contributed by atoms with Crippen LogP contribution in [0.25, 0.3) is 0 Å². The average molecular weight is 291 g/mol. The third kappa shape index (κ3) is 5.63. The standard InChI is InChI=1S/C16H25N3O2/c1-19-9-2-3-13(12-19)11-18-16(20)8-10-21-15-6-4-14(17)5-7-15/h4-7,13H,2-3,8-12,17H2,1H3,(H,18,20). The number of nitrogens with one attached hydrogen (secondary N) is 1. The molecular weight excluding hydrogens is 266 g/mol. The first kappa shape index (κ1) is 15.6. The molecule has 1 aliphatic rings. The molecule has 1 heterocycles. The Labute approximate surface area is 126 Å². The van der Waals surface area contributed by atoms with Crippen LogP contribution in [0.5, 0.6) is 5.75 Å². The second-order valence-corrected chi connectivity index (χ2v) is 5.74. The lowest BCUT2D eigenvalue weighted by molar-refractivity contribution is -0.121. The van der Waals surface area contributed by atoms with Crippen LogP contribution < -0.4 is 15.8 Å². The van der Waals surface area contributed by atoms with Crippen LogP contribution in [0, 0.1) is 5.92 Å². The zero-order valence-corrected chi connectivity index (χ0v) is 12.7. The van der Waals surface area contributed by atoms with E-state index < -0.39 is 0 Å². The van der Waals surface area contributed by atoms with Gasteiger partial charge in [0.05, 0.1) is 13.0 Å². The summed E-state index contributed by atoms with van der Waals surface area (Å²) in [5.41, 5.74) is 6.31. The molecule has 2 rings (SSSR count). The molecule has 1 amide bonds. The zero-order chi connectivity index (χ0) is 15.1. The number of carbonyl (C=O) groups excluding carboxylic acids is 1. The highest BCUT2D eigenvalue weighted by atomic mass is 16.5. The van der Waals surface area contributed by atoms with Gasteiger partial charge in [0.25, 0.3) is 0 Å². The first-order valence-electron chi connectivity index (χ1n) is 7.57. The minimum absolute atomic E-state index is 0.0543. The molecule has 5 heteroatoms. The lowest BCUT2D eigenvalue weighted by Gasteiger charge is -2.29. The van der Waals surface area contributed by atoms with Gasteiger partial charge in [-0.15, -0.1) is 0 Å². The molecule has 0 radical (unpaired) electrons. The molecule has 1 aromatic carbocycles. The lowest BCUT2D eigenvalue weighted by atomic mass is 9.98. The fourth-order valence-corrected chi connectivity index (χ4v) is 2.61. The molecule has 1 atom stereocenters. The smallest absolute Gasteiger partial charge is 0.223 e. The van der Waals surface area contributed by atoms with E-state index in [1.165, 1.54) is 19.4 Å². The second kappa shape index (κ2) is 7.88. The third-order valence-electron chi connectivity index (χ3n) is 3.79. The maximum atomic E-state index is 11.8. The summed E-state index contributed by atoms with van der Waals surface area (Å²) in [6.45, 7) is 3.40. The van der Waals surface area contributed by atoms with Crippen LogP contribution in [0.4, 0.5) is 5.69 Å². The van der Waals surface area contributed by atoms with Crippen molar-refractivity contribution in [3.05, 3.63) is 24.3 Å². The Kier molecular flexibility index (Phi) is 5.87. The minimum Gasteiger partial charge on any atom is -0.493 e. The number of rotatable bonds is 6. The molecule has 5 nitrogen and oxygen atoms in total. The van der Waals surface area contributed by atoms with E-state index in [1.807, 2.05) is 12.1 Å². The van der Waals surface area contributed by atoms with Gasteiger partial charge in [-0.05, 0) is 56.6 Å². The van der Waals surface area contributed by atoms with Crippen molar-refractivity contribution in [2.24, 2.45) is 5.92 Å². The maximum Gasteiger partial charge on any atom is 0.223 e. The van der Waals surface area contributed by atoms with Crippen molar-refractivity contribution in [1.29, 1.82) is 0 Å². The Balaban J connectivity index is 1.60. The molecule has 1 aliphatic heterocycles. The van der Waals surface area contributed by atoms with Crippen LogP contribution >= 0.6 is 0 Å². The molecule has 0 bridgehead atoms. The summed E-state index contributed by atoms with van der Waals surface area (Å²) < 4.78 is 5.52. The summed E-state index contributed by atoms with van der Waals surface area (Å²) in [5.74, 6) is 1.37. The molecule has 0 spiro atoms. The number of ether oxygens (including phenoxy) is 1. The molecular formula is C16H25N3O2. The van der Waals surface area contributed by atoms with E-state index >= 15 is 0 Å². The molecule has 1 unspecified atom stereocenters. The number of amides is 1. The number of benzene rings is 1. The van der Waals surface area contributed by atoms with Crippen molar-refractivity contribution in [2.75, 3.05) is 39.0 Å². The van der Waals surface area contributed by atoms with Crippen molar-refractivity contribution in [1.82, 2.24) is 10.2 Å². The molecule has 3 N–H and O–H groups in total. The molecule has 1 fully saturated rings. The van der Waals surface area contributed by atoms with E-state index in [1.54, 1.807) is 12.1 Å². The number of likely N-dealkylation sites (tertiary alicyclic amines) is 1. The fourth-order valence-electron chi connectivity index (χ4n) is 2.61. The molecule has 0 saturated carbocycles. The number of nitrogens with zero attached hydrogens (tertiary/aromatic N) is 1. The number of nitrogens with two attached hydrogens (primary N) is 1. The van der Waals surface area contributed by atoms with Gasteiger partial charge in [-0.25, -0.2) is 0 Å². The monoisotopic (exact) mass is 291 g/mol. The van der Waals surface area contributed by atoms with Crippen molar-refractivity contribution >= 4 is 11.6 Å². The van der Waals surface area contributed by atoms with E-state index in [9.17, 15) is 4.79 Å². The van der Waals surface area contributed by atoms with Gasteiger partial charge < -0.3 is 20.7 Å². The number of carbonyl (C=O) groups is 1. The number of anilines is 1. The van der Waals surface area contributed by atoms with Gasteiger partial charge in [0, 0.05) is 18.8 Å². The van der Waals surface area contributed by atoms with Gasteiger partial charge in [0.2, 0.25) is 5.91 Å². The Bertz CT molecular complexity index is 447. The predicted molar refractivity (Wildman–Crippen MR) is 84.2 cm³/mol. The van der Waals surface area contributed by atoms with Crippen molar-refractivity contribution in [3.63, 3.8) is 0 Å². The Hall–Kier alpha value is -1.75. The molecule has 21 heavy (non-hydrogen) atoms. The van der Waals surface area contributed by atoms with Gasteiger partial charge >= 0.3 is 0 Å². The number of nitrogen functional groups attached to an aromatic ring is 1. The van der Waals surface area contributed by atoms with Gasteiger partial charge in [-0.3, -0.25) is 4.79 Å². The van der Waals surface area contributed by atoms with E-state index in [0.29, 0.717) is 24.6 Å². The maximum absolute atomic E-state index is 11.8. The van der Waals surface area contributed by atoms with Crippen molar-refractivity contribution in [3.8, 4) is 5.75 Å². The molecule has 1 saturated heterocycles. The van der Waals surface area contributed by atoms with E-state index in [2.05, 4.69) is 17.3 Å². The summed E-state index contributed by atoms with van der Waals surface area (Å²) in [6.07, 6.45) is 2.80. The number of hydrogen-bond acceptors (Lipinski definition) is 4. The number of piperidine rings is 1. The quantitative estimate of drug-likeness (QED) is 0.779. The van der Waals surface area contributed by atoms with E-state index in [4.69, 9.17) is 10.5 Å². The summed E-state index contributed by atoms with van der Waals surface area (Å²) >= 11 is 0. The van der Waals surface area contributed by atoms with Crippen LogP contribution in [0.3, 0.4) is 0 Å². The van der Waals surface area contributed by atoms with Gasteiger partial charge in [-0.2, -0.15) is 0 Å². The largest absolute Gasteiger partial charge is 0.493 e. The van der Waals surface area contributed by atoms with Crippen molar-refractivity contribution in [2.45, 2.75) is 19.3 Å². The summed E-state index contributed by atoms with van der Waals surface area (Å²) in [7, 11) is 2.13. The highest BCUT2D eigenvalue weighted by molar-refractivity contribution is 5.75. The molecule has 1 aromatic rings. The number of hydrogen-bond donors (Lipinski definition) is 2. The summed E-state index contributed by atoms with van der Waals surface area (Å²) in [4.78, 5) is 14.1. The van der Waals surface area contributed by atoms with Crippen molar-refractivity contribution < 1.29 is 9.53 Å². The Morgan fingerprint density at radius 2 is 2.19 bits per heavy atom. The lowest BCUT2D eigenvalue weighted by Crippen LogP contribution is -2.39. The normalized spacial score (nSPS) is 19.2.